The van der Waals surface area contributed by atoms with Crippen LogP contribution in [0, 0.1) is 13.8 Å². The number of rotatable bonds is 6. The minimum atomic E-state index is -0.150. The van der Waals surface area contributed by atoms with Crippen molar-refractivity contribution in [1.29, 1.82) is 0 Å². The monoisotopic (exact) mass is 358 g/mol. The molecule has 25 heavy (non-hydrogen) atoms. The highest BCUT2D eigenvalue weighted by molar-refractivity contribution is 7.98. The maximum absolute atomic E-state index is 12.2. The Balaban J connectivity index is 1.98. The molecule has 0 fully saturated rings. The number of carbonyl (C=O) groups is 2. The molecule has 2 amide bonds. The lowest BCUT2D eigenvalue weighted by Gasteiger charge is -2.11. The summed E-state index contributed by atoms with van der Waals surface area (Å²) < 4.78 is 0. The lowest BCUT2D eigenvalue weighted by Crippen LogP contribution is -2.14. The molecule has 1 heterocycles. The van der Waals surface area contributed by atoms with Gasteiger partial charge < -0.3 is 10.6 Å². The molecule has 1 aromatic heterocycles. The van der Waals surface area contributed by atoms with E-state index in [1.807, 2.05) is 20.1 Å². The largest absolute Gasteiger partial charge is 0.326 e. The molecule has 2 N–H and O–H groups in total. The Kier molecular flexibility index (Phi) is 6.52. The van der Waals surface area contributed by atoms with Crippen molar-refractivity contribution < 1.29 is 9.59 Å². The molecule has 6 nitrogen and oxygen atoms in total. The van der Waals surface area contributed by atoms with Crippen molar-refractivity contribution in [3.63, 3.8) is 0 Å². The van der Waals surface area contributed by atoms with Crippen LogP contribution >= 0.6 is 11.8 Å². The first-order chi connectivity index (χ1) is 11.9. The molecule has 132 valence electrons. The number of aromatic nitrogens is 2. The number of amides is 2. The SMILES string of the molecule is CSc1nc(C)c(CCC(=O)Nc2cccc(NC(C)=O)c2)c(C)n1. The van der Waals surface area contributed by atoms with Gasteiger partial charge in [0.15, 0.2) is 5.16 Å². The average Bonchev–Trinajstić information content (AvgIpc) is 2.53. The first-order valence-electron chi connectivity index (χ1n) is 7.94. The lowest BCUT2D eigenvalue weighted by atomic mass is 10.1. The van der Waals surface area contributed by atoms with E-state index in [0.29, 0.717) is 24.2 Å². The van der Waals surface area contributed by atoms with Crippen LogP contribution in [-0.2, 0) is 16.0 Å². The summed E-state index contributed by atoms with van der Waals surface area (Å²) in [4.78, 5) is 32.2. The molecule has 0 aliphatic rings. The van der Waals surface area contributed by atoms with Gasteiger partial charge in [-0.15, -0.1) is 0 Å². The summed E-state index contributed by atoms with van der Waals surface area (Å²) in [6, 6.07) is 7.07. The number of nitrogens with one attached hydrogen (secondary N) is 2. The predicted molar refractivity (Wildman–Crippen MR) is 101 cm³/mol. The van der Waals surface area contributed by atoms with Crippen LogP contribution in [0.25, 0.3) is 0 Å². The quantitative estimate of drug-likeness (QED) is 0.611. The van der Waals surface area contributed by atoms with E-state index in [2.05, 4.69) is 20.6 Å². The fraction of sp³-hybridized carbons (Fsp3) is 0.333. The Morgan fingerprint density at radius 2 is 1.68 bits per heavy atom. The van der Waals surface area contributed by atoms with E-state index in [9.17, 15) is 9.59 Å². The van der Waals surface area contributed by atoms with Gasteiger partial charge in [0.2, 0.25) is 11.8 Å². The zero-order valence-corrected chi connectivity index (χ0v) is 15.7. The highest BCUT2D eigenvalue weighted by atomic mass is 32.2. The normalized spacial score (nSPS) is 10.4. The van der Waals surface area contributed by atoms with Crippen molar-refractivity contribution in [2.45, 2.75) is 38.8 Å². The van der Waals surface area contributed by atoms with Gasteiger partial charge in [-0.2, -0.15) is 0 Å². The molecule has 7 heteroatoms. The van der Waals surface area contributed by atoms with Crippen LogP contribution in [0.2, 0.25) is 0 Å². The summed E-state index contributed by atoms with van der Waals surface area (Å²) in [5.74, 6) is -0.240. The number of anilines is 2. The Morgan fingerprint density at radius 3 is 2.24 bits per heavy atom. The van der Waals surface area contributed by atoms with Crippen LogP contribution < -0.4 is 10.6 Å². The average molecular weight is 358 g/mol. The number of aryl methyl sites for hydroxylation is 2. The van der Waals surface area contributed by atoms with Crippen molar-refractivity contribution in [3.05, 3.63) is 41.2 Å². The van der Waals surface area contributed by atoms with Crippen molar-refractivity contribution in [2.24, 2.45) is 0 Å². The van der Waals surface area contributed by atoms with Crippen molar-refractivity contribution in [1.82, 2.24) is 9.97 Å². The number of benzene rings is 1. The van der Waals surface area contributed by atoms with Gasteiger partial charge in [-0.1, -0.05) is 17.8 Å². The van der Waals surface area contributed by atoms with E-state index < -0.39 is 0 Å². The predicted octanol–water partition coefficient (Wildman–Crippen LogP) is 3.35. The van der Waals surface area contributed by atoms with Gasteiger partial charge in [0, 0.05) is 36.1 Å². The Hall–Kier alpha value is -2.41. The summed E-state index contributed by atoms with van der Waals surface area (Å²) in [6.45, 7) is 5.33. The molecule has 2 aromatic rings. The Bertz CT molecular complexity index is 769. The molecule has 2 rings (SSSR count). The van der Waals surface area contributed by atoms with Crippen molar-refractivity contribution >= 4 is 35.0 Å². The van der Waals surface area contributed by atoms with Crippen LogP contribution in [0.5, 0.6) is 0 Å². The third-order valence-corrected chi connectivity index (χ3v) is 4.20. The van der Waals surface area contributed by atoms with Gasteiger partial charge in [0.1, 0.15) is 0 Å². The maximum Gasteiger partial charge on any atom is 0.224 e. The molecule has 0 aliphatic carbocycles. The molecule has 0 saturated carbocycles. The van der Waals surface area contributed by atoms with Crippen LogP contribution in [0.15, 0.2) is 29.4 Å². The number of nitrogens with zero attached hydrogens (tertiary/aromatic N) is 2. The highest BCUT2D eigenvalue weighted by Crippen LogP contribution is 2.18. The standard InChI is InChI=1S/C18H22N4O2S/c1-11-16(12(2)20-18(19-11)25-4)8-9-17(24)22-15-7-5-6-14(10-15)21-13(3)23/h5-7,10H,8-9H2,1-4H3,(H,21,23)(H,22,24). The van der Waals surface area contributed by atoms with Gasteiger partial charge >= 0.3 is 0 Å². The van der Waals surface area contributed by atoms with E-state index in [1.165, 1.54) is 18.7 Å². The van der Waals surface area contributed by atoms with Gasteiger partial charge in [0.25, 0.3) is 0 Å². The molecule has 0 spiro atoms. The zero-order valence-electron chi connectivity index (χ0n) is 14.8. The Morgan fingerprint density at radius 1 is 1.08 bits per heavy atom. The van der Waals surface area contributed by atoms with Crippen LogP contribution in [0.1, 0.15) is 30.3 Å². The highest BCUT2D eigenvalue weighted by Gasteiger charge is 2.11. The summed E-state index contributed by atoms with van der Waals surface area (Å²) in [5, 5.41) is 6.29. The van der Waals surface area contributed by atoms with Gasteiger partial charge in [0.05, 0.1) is 0 Å². The summed E-state index contributed by atoms with van der Waals surface area (Å²) in [5.41, 5.74) is 4.14. The number of carbonyl (C=O) groups excluding carboxylic acids is 2. The molecule has 0 atom stereocenters. The number of hydrogen-bond donors (Lipinski definition) is 2. The molecule has 0 saturated heterocycles. The fourth-order valence-corrected chi connectivity index (χ4v) is 2.96. The fourth-order valence-electron chi connectivity index (χ4n) is 2.50. The third kappa shape index (κ3) is 5.56. The van der Waals surface area contributed by atoms with Crippen molar-refractivity contribution in [2.75, 3.05) is 16.9 Å². The minimum absolute atomic E-state index is 0.0901. The van der Waals surface area contributed by atoms with E-state index in [-0.39, 0.29) is 11.8 Å². The molecule has 0 bridgehead atoms. The zero-order chi connectivity index (χ0) is 18.4. The van der Waals surface area contributed by atoms with E-state index >= 15 is 0 Å². The van der Waals surface area contributed by atoms with E-state index in [1.54, 1.807) is 24.3 Å². The first-order valence-corrected chi connectivity index (χ1v) is 9.17. The smallest absolute Gasteiger partial charge is 0.224 e. The lowest BCUT2D eigenvalue weighted by molar-refractivity contribution is -0.116. The van der Waals surface area contributed by atoms with Gasteiger partial charge in [-0.25, -0.2) is 9.97 Å². The van der Waals surface area contributed by atoms with Crippen molar-refractivity contribution in [3.8, 4) is 0 Å². The number of thioether (sulfide) groups is 1. The summed E-state index contributed by atoms with van der Waals surface area (Å²) in [7, 11) is 0. The molecule has 0 radical (unpaired) electrons. The molecule has 0 aliphatic heterocycles. The second kappa shape index (κ2) is 8.62. The van der Waals surface area contributed by atoms with Crippen LogP contribution in [-0.4, -0.2) is 28.0 Å². The molecule has 0 unspecified atom stereocenters. The third-order valence-electron chi connectivity index (χ3n) is 3.65. The van der Waals surface area contributed by atoms with Gasteiger partial charge in [-0.3, -0.25) is 9.59 Å². The van der Waals surface area contributed by atoms with Crippen LogP contribution in [0.4, 0.5) is 11.4 Å². The Labute approximate surface area is 151 Å². The first kappa shape index (κ1) is 18.9. The number of hydrogen-bond acceptors (Lipinski definition) is 5. The van der Waals surface area contributed by atoms with Crippen LogP contribution in [0.3, 0.4) is 0 Å². The topological polar surface area (TPSA) is 84.0 Å². The molecular formula is C18H22N4O2S. The minimum Gasteiger partial charge on any atom is -0.326 e. The second-order valence-corrected chi connectivity index (χ2v) is 6.44. The summed E-state index contributed by atoms with van der Waals surface area (Å²) in [6.07, 6.45) is 2.87. The van der Waals surface area contributed by atoms with E-state index in [0.717, 1.165) is 22.1 Å². The maximum atomic E-state index is 12.2. The molecule has 1 aromatic carbocycles. The summed E-state index contributed by atoms with van der Waals surface area (Å²) >= 11 is 1.51. The second-order valence-electron chi connectivity index (χ2n) is 5.67. The molecular weight excluding hydrogens is 336 g/mol. The van der Waals surface area contributed by atoms with Gasteiger partial charge in [-0.05, 0) is 50.3 Å². The van der Waals surface area contributed by atoms with E-state index in [4.69, 9.17) is 0 Å².